The Kier molecular flexibility index (Phi) is 3.73. The quantitative estimate of drug-likeness (QED) is 0.835. The number of carbonyl (C=O) groups is 1. The number of cyclic esters (lactones) is 1. The number of nitrogens with zero attached hydrogens (tertiary/aromatic N) is 6. The lowest BCUT2D eigenvalue weighted by Gasteiger charge is -2.22. The Morgan fingerprint density at radius 1 is 1.21 bits per heavy atom. The number of anilines is 2. The zero-order valence-electron chi connectivity index (χ0n) is 12.9. The Balaban J connectivity index is 1.44. The van der Waals surface area contributed by atoms with E-state index in [1.807, 2.05) is 29.2 Å². The Labute approximate surface area is 138 Å². The molecule has 2 aliphatic rings. The maximum absolute atomic E-state index is 12.1. The van der Waals surface area contributed by atoms with Crippen molar-refractivity contribution >= 4 is 23.8 Å². The normalized spacial score (nSPS) is 20.2. The average Bonchev–Trinajstić information content (AvgIpc) is 3.26. The highest BCUT2D eigenvalue weighted by molar-refractivity contribution is 5.90. The van der Waals surface area contributed by atoms with Crippen molar-refractivity contribution in [3.8, 4) is 0 Å². The van der Waals surface area contributed by atoms with Gasteiger partial charge in [-0.15, -0.1) is 5.10 Å². The van der Waals surface area contributed by atoms with Gasteiger partial charge in [0, 0.05) is 17.6 Å². The molecule has 24 heavy (non-hydrogen) atoms. The van der Waals surface area contributed by atoms with Crippen molar-refractivity contribution < 1.29 is 14.4 Å². The Morgan fingerprint density at radius 2 is 2.04 bits per heavy atom. The second-order valence-electron chi connectivity index (χ2n) is 5.51. The third-order valence-corrected chi connectivity index (χ3v) is 3.91. The summed E-state index contributed by atoms with van der Waals surface area (Å²) in [5, 5.41) is 11.4. The zero-order valence-corrected chi connectivity index (χ0v) is 12.9. The number of benzene rings is 1. The fourth-order valence-corrected chi connectivity index (χ4v) is 2.73. The van der Waals surface area contributed by atoms with Crippen LogP contribution in [-0.2, 0) is 16.1 Å². The van der Waals surface area contributed by atoms with E-state index < -0.39 is 0 Å². The molecular formula is C15H16N6O3. The van der Waals surface area contributed by atoms with Gasteiger partial charge in [-0.05, 0) is 24.3 Å². The molecule has 0 spiro atoms. The van der Waals surface area contributed by atoms with E-state index in [4.69, 9.17) is 9.57 Å². The molecule has 0 bridgehead atoms. The second kappa shape index (κ2) is 6.19. The second-order valence-corrected chi connectivity index (χ2v) is 5.51. The van der Waals surface area contributed by atoms with Crippen molar-refractivity contribution in [3.05, 3.63) is 36.7 Å². The van der Waals surface area contributed by atoms with E-state index in [-0.39, 0.29) is 12.2 Å². The van der Waals surface area contributed by atoms with Gasteiger partial charge < -0.3 is 14.5 Å². The van der Waals surface area contributed by atoms with Gasteiger partial charge in [-0.1, -0.05) is 10.4 Å². The first-order chi connectivity index (χ1) is 11.8. The van der Waals surface area contributed by atoms with Crippen LogP contribution in [0.15, 0.2) is 41.8 Å². The molecule has 1 aromatic heterocycles. The summed E-state index contributed by atoms with van der Waals surface area (Å²) in [6.07, 6.45) is 4.40. The van der Waals surface area contributed by atoms with E-state index in [2.05, 4.69) is 15.5 Å². The van der Waals surface area contributed by atoms with Gasteiger partial charge in [0.05, 0.1) is 25.8 Å². The number of ether oxygens (including phenoxy) is 1. The predicted molar refractivity (Wildman–Crippen MR) is 85.9 cm³/mol. The predicted octanol–water partition coefficient (Wildman–Crippen LogP) is 1.08. The molecule has 1 amide bonds. The first-order valence-electron chi connectivity index (χ1n) is 7.64. The smallest absolute Gasteiger partial charge is 0.414 e. The van der Waals surface area contributed by atoms with Crippen molar-refractivity contribution in [3.63, 3.8) is 0 Å². The number of aromatic nitrogens is 3. The summed E-state index contributed by atoms with van der Waals surface area (Å²) in [7, 11) is 0. The number of hydrogen-bond donors (Lipinski definition) is 0. The summed E-state index contributed by atoms with van der Waals surface area (Å²) < 4.78 is 7.05. The van der Waals surface area contributed by atoms with Gasteiger partial charge in [0.25, 0.3) is 0 Å². The summed E-state index contributed by atoms with van der Waals surface area (Å²) in [5.41, 5.74) is 1.80. The molecule has 4 rings (SSSR count). The van der Waals surface area contributed by atoms with E-state index in [1.54, 1.807) is 28.3 Å². The average molecular weight is 328 g/mol. The SMILES string of the molecule is O=C1O[C@@H](Cn2ccnn2)CN1c1ccc(N2C=NOCC2)cc1. The van der Waals surface area contributed by atoms with Crippen LogP contribution in [0.25, 0.3) is 0 Å². The monoisotopic (exact) mass is 328 g/mol. The highest BCUT2D eigenvalue weighted by atomic mass is 16.6. The van der Waals surface area contributed by atoms with Crippen molar-refractivity contribution in [2.45, 2.75) is 12.6 Å². The van der Waals surface area contributed by atoms with Gasteiger partial charge in [0.15, 0.2) is 0 Å². The van der Waals surface area contributed by atoms with Gasteiger partial charge in [0.1, 0.15) is 19.0 Å². The van der Waals surface area contributed by atoms with Crippen LogP contribution >= 0.6 is 0 Å². The molecule has 2 aromatic rings. The first-order valence-corrected chi connectivity index (χ1v) is 7.64. The largest absolute Gasteiger partial charge is 0.442 e. The van der Waals surface area contributed by atoms with E-state index in [9.17, 15) is 4.79 Å². The number of hydrogen-bond acceptors (Lipinski definition) is 7. The van der Waals surface area contributed by atoms with Crippen LogP contribution in [-0.4, -0.2) is 53.2 Å². The molecule has 3 heterocycles. The summed E-state index contributed by atoms with van der Waals surface area (Å²) >= 11 is 0. The number of oxime groups is 1. The van der Waals surface area contributed by atoms with Gasteiger partial charge >= 0.3 is 6.09 Å². The van der Waals surface area contributed by atoms with Crippen LogP contribution in [0.4, 0.5) is 16.2 Å². The van der Waals surface area contributed by atoms with Crippen LogP contribution in [0.3, 0.4) is 0 Å². The number of carbonyl (C=O) groups excluding carboxylic acids is 1. The molecule has 1 saturated heterocycles. The van der Waals surface area contributed by atoms with Gasteiger partial charge in [0.2, 0.25) is 0 Å². The van der Waals surface area contributed by atoms with E-state index >= 15 is 0 Å². The Morgan fingerprint density at radius 3 is 2.75 bits per heavy atom. The topological polar surface area (TPSA) is 85.1 Å². The summed E-state index contributed by atoms with van der Waals surface area (Å²) in [6, 6.07) is 7.70. The Hall–Kier alpha value is -3.10. The maximum Gasteiger partial charge on any atom is 0.414 e. The lowest BCUT2D eigenvalue weighted by molar-refractivity contribution is 0.129. The minimum atomic E-state index is -0.346. The molecule has 0 aliphatic carbocycles. The number of rotatable bonds is 4. The molecular weight excluding hydrogens is 312 g/mol. The Bertz CT molecular complexity index is 730. The lowest BCUT2D eigenvalue weighted by atomic mass is 10.2. The third kappa shape index (κ3) is 2.87. The first kappa shape index (κ1) is 14.5. The third-order valence-electron chi connectivity index (χ3n) is 3.91. The van der Waals surface area contributed by atoms with Gasteiger partial charge in [-0.3, -0.25) is 4.90 Å². The van der Waals surface area contributed by atoms with E-state index in [0.29, 0.717) is 19.7 Å². The molecule has 0 saturated carbocycles. The van der Waals surface area contributed by atoms with Crippen LogP contribution in [0.1, 0.15) is 0 Å². The lowest BCUT2D eigenvalue weighted by Crippen LogP contribution is -2.29. The van der Waals surface area contributed by atoms with Gasteiger partial charge in [-0.25, -0.2) is 9.48 Å². The van der Waals surface area contributed by atoms with Crippen LogP contribution in [0, 0.1) is 0 Å². The fraction of sp³-hybridized carbons (Fsp3) is 0.333. The van der Waals surface area contributed by atoms with Crippen LogP contribution in [0.2, 0.25) is 0 Å². The highest BCUT2D eigenvalue weighted by Crippen LogP contribution is 2.25. The minimum absolute atomic E-state index is 0.245. The van der Waals surface area contributed by atoms with Crippen molar-refractivity contribution in [1.82, 2.24) is 15.0 Å². The highest BCUT2D eigenvalue weighted by Gasteiger charge is 2.32. The van der Waals surface area contributed by atoms with Crippen molar-refractivity contribution in [1.29, 1.82) is 0 Å². The molecule has 2 aliphatic heterocycles. The molecule has 124 valence electrons. The minimum Gasteiger partial charge on any atom is -0.442 e. The van der Waals surface area contributed by atoms with Crippen molar-refractivity contribution in [2.75, 3.05) is 29.5 Å². The molecule has 0 N–H and O–H groups in total. The summed E-state index contributed by atoms with van der Waals surface area (Å²) in [4.78, 5) is 20.7. The molecule has 9 nitrogen and oxygen atoms in total. The summed E-state index contributed by atoms with van der Waals surface area (Å²) in [6.45, 7) is 2.27. The molecule has 0 radical (unpaired) electrons. The molecule has 1 atom stereocenters. The molecule has 1 aromatic carbocycles. The van der Waals surface area contributed by atoms with Gasteiger partial charge in [-0.2, -0.15) is 0 Å². The van der Waals surface area contributed by atoms with E-state index in [1.165, 1.54) is 0 Å². The molecule has 0 unspecified atom stereocenters. The fourth-order valence-electron chi connectivity index (χ4n) is 2.73. The van der Waals surface area contributed by atoms with E-state index in [0.717, 1.165) is 17.9 Å². The molecule has 9 heteroatoms. The van der Waals surface area contributed by atoms with Crippen molar-refractivity contribution in [2.24, 2.45) is 5.16 Å². The van der Waals surface area contributed by atoms with Crippen LogP contribution < -0.4 is 9.80 Å². The summed E-state index contributed by atoms with van der Waals surface area (Å²) in [5.74, 6) is 0. The standard InChI is InChI=1S/C15H16N6O3/c22-15-21(10-14(24-15)9-20-6-5-16-18-20)13-3-1-12(2-4-13)19-7-8-23-17-11-19/h1-6,11,14H,7-10H2/t14-/m0/s1. The number of amides is 1. The van der Waals surface area contributed by atoms with Crippen LogP contribution in [0.5, 0.6) is 0 Å². The molecule has 1 fully saturated rings. The zero-order chi connectivity index (χ0) is 16.4. The maximum atomic E-state index is 12.1.